The van der Waals surface area contributed by atoms with Crippen LogP contribution in [0.3, 0.4) is 0 Å². The van der Waals surface area contributed by atoms with E-state index < -0.39 is 16.1 Å². The fraction of sp³-hybridized carbons (Fsp3) is 0.381. The van der Waals surface area contributed by atoms with Gasteiger partial charge in [0.1, 0.15) is 11.5 Å². The summed E-state index contributed by atoms with van der Waals surface area (Å²) in [6.45, 7) is 1.83. The van der Waals surface area contributed by atoms with Crippen LogP contribution >= 0.6 is 0 Å². The zero-order valence-corrected chi connectivity index (χ0v) is 18.4. The Balaban J connectivity index is 1.55. The molecule has 4 rings (SSSR count). The van der Waals surface area contributed by atoms with Gasteiger partial charge in [-0.3, -0.25) is 14.0 Å². The number of carbonyl (C=O) groups is 1. The van der Waals surface area contributed by atoms with Crippen molar-refractivity contribution < 1.29 is 13.2 Å². The van der Waals surface area contributed by atoms with Gasteiger partial charge in [0, 0.05) is 42.5 Å². The average Bonchev–Trinajstić information content (AvgIpc) is 3.26. The first-order valence-electron chi connectivity index (χ1n) is 10.3. The number of fused-ring (bicyclic) bond motifs is 1. The molecule has 1 aliphatic rings. The number of aryl methyl sites for hydroxylation is 2. The van der Waals surface area contributed by atoms with Gasteiger partial charge in [-0.15, -0.1) is 0 Å². The lowest BCUT2D eigenvalue weighted by Gasteiger charge is -2.22. The van der Waals surface area contributed by atoms with Gasteiger partial charge in [-0.2, -0.15) is 18.2 Å². The first-order chi connectivity index (χ1) is 14.8. The molecule has 3 aromatic rings. The molecule has 1 saturated carbocycles. The van der Waals surface area contributed by atoms with Crippen molar-refractivity contribution in [3.63, 3.8) is 0 Å². The molecule has 0 bridgehead atoms. The molecule has 1 aliphatic carbocycles. The van der Waals surface area contributed by atoms with E-state index in [9.17, 15) is 13.2 Å². The molecule has 0 spiro atoms. The third-order valence-electron chi connectivity index (χ3n) is 5.48. The van der Waals surface area contributed by atoms with Crippen LogP contribution in [-0.4, -0.2) is 39.7 Å². The highest BCUT2D eigenvalue weighted by Crippen LogP contribution is 2.24. The third-order valence-corrected chi connectivity index (χ3v) is 6.59. The maximum absolute atomic E-state index is 12.3. The molecular weight excluding hydrogens is 416 g/mol. The van der Waals surface area contributed by atoms with Crippen LogP contribution in [-0.2, 0) is 22.1 Å². The predicted molar refractivity (Wildman–Crippen MR) is 119 cm³/mol. The molecule has 0 unspecified atom stereocenters. The van der Waals surface area contributed by atoms with E-state index in [-0.39, 0.29) is 6.04 Å². The second-order valence-corrected chi connectivity index (χ2v) is 9.25. The lowest BCUT2D eigenvalue weighted by molar-refractivity contribution is -0.114. The number of nitrogens with one attached hydrogen (secondary N) is 2. The van der Waals surface area contributed by atoms with E-state index in [1.807, 2.05) is 42.9 Å². The van der Waals surface area contributed by atoms with Gasteiger partial charge in [0.2, 0.25) is 0 Å². The van der Waals surface area contributed by atoms with Gasteiger partial charge in [-0.05, 0) is 44.0 Å². The number of hydrogen-bond donors (Lipinski definition) is 2. The molecule has 0 radical (unpaired) electrons. The summed E-state index contributed by atoms with van der Waals surface area (Å²) in [4.78, 5) is 16.8. The molecule has 2 N–H and O–H groups in total. The lowest BCUT2D eigenvalue weighted by atomic mass is 9.96. The van der Waals surface area contributed by atoms with Gasteiger partial charge in [0.25, 0.3) is 5.91 Å². The highest BCUT2D eigenvalue weighted by Gasteiger charge is 2.21. The Morgan fingerprint density at radius 3 is 2.77 bits per heavy atom. The first kappa shape index (κ1) is 21.3. The minimum atomic E-state index is -3.91. The monoisotopic (exact) mass is 442 g/mol. The van der Waals surface area contributed by atoms with Crippen molar-refractivity contribution in [2.24, 2.45) is 7.05 Å². The summed E-state index contributed by atoms with van der Waals surface area (Å²) in [5.41, 5.74) is 2.19. The Morgan fingerprint density at radius 1 is 1.23 bits per heavy atom. The van der Waals surface area contributed by atoms with Crippen LogP contribution in [0, 0.1) is 6.92 Å². The van der Waals surface area contributed by atoms with Crippen molar-refractivity contribution in [2.75, 3.05) is 0 Å². The van der Waals surface area contributed by atoms with Crippen LogP contribution in [0.15, 0.2) is 36.7 Å². The molecular formula is C21H26N6O3S. The molecule has 1 fully saturated rings. The Hall–Kier alpha value is -2.98. The molecule has 3 heterocycles. The molecule has 0 saturated heterocycles. The van der Waals surface area contributed by atoms with Gasteiger partial charge >= 0.3 is 10.2 Å². The Morgan fingerprint density at radius 2 is 2.00 bits per heavy atom. The summed E-state index contributed by atoms with van der Waals surface area (Å²) < 4.78 is 32.8. The zero-order valence-electron chi connectivity index (χ0n) is 17.6. The Labute approximate surface area is 181 Å². The maximum atomic E-state index is 12.3. The number of rotatable bonds is 6. The van der Waals surface area contributed by atoms with Crippen molar-refractivity contribution in [2.45, 2.75) is 45.1 Å². The Kier molecular flexibility index (Phi) is 5.92. The maximum Gasteiger partial charge on any atom is 0.301 e. The van der Waals surface area contributed by atoms with Crippen molar-refractivity contribution >= 4 is 33.2 Å². The summed E-state index contributed by atoms with van der Waals surface area (Å²) in [5.74, 6) is 0.0199. The van der Waals surface area contributed by atoms with Gasteiger partial charge in [-0.25, -0.2) is 9.71 Å². The minimum absolute atomic E-state index is 0.121. The van der Waals surface area contributed by atoms with Crippen LogP contribution in [0.1, 0.15) is 43.4 Å². The minimum Gasteiger partial charge on any atom is -0.285 e. The van der Waals surface area contributed by atoms with Gasteiger partial charge < -0.3 is 0 Å². The van der Waals surface area contributed by atoms with Crippen molar-refractivity contribution in [3.8, 4) is 5.82 Å². The van der Waals surface area contributed by atoms with Gasteiger partial charge in [0.15, 0.2) is 0 Å². The highest BCUT2D eigenvalue weighted by molar-refractivity contribution is 7.88. The van der Waals surface area contributed by atoms with E-state index in [0.29, 0.717) is 11.3 Å². The van der Waals surface area contributed by atoms with E-state index in [1.54, 1.807) is 17.0 Å². The first-order valence-corrected chi connectivity index (χ1v) is 11.8. The van der Waals surface area contributed by atoms with E-state index in [4.69, 9.17) is 0 Å². The molecule has 10 heteroatoms. The number of amides is 1. The largest absolute Gasteiger partial charge is 0.301 e. The van der Waals surface area contributed by atoms with Crippen molar-refractivity contribution in [1.82, 2.24) is 28.8 Å². The van der Waals surface area contributed by atoms with Gasteiger partial charge in [0.05, 0.1) is 5.69 Å². The number of hydrogen-bond acceptors (Lipinski definition) is 5. The standard InChI is InChI=1S/C21H26N6O3S/c1-15-18(10-11-19(28)25-31(29,30)24-17-8-4-3-5-9-17)21(26(2)23-15)27-14-12-16-7-6-13-22-20(16)27/h6-7,10-14,17,24H,3-5,8-9H2,1-2H3,(H,25,28). The van der Waals surface area contributed by atoms with Gasteiger partial charge in [-0.1, -0.05) is 19.3 Å². The predicted octanol–water partition coefficient (Wildman–Crippen LogP) is 2.36. The topological polar surface area (TPSA) is 111 Å². The smallest absolute Gasteiger partial charge is 0.285 e. The van der Waals surface area contributed by atoms with Crippen molar-refractivity contribution in [1.29, 1.82) is 0 Å². The summed E-state index contributed by atoms with van der Waals surface area (Å²) in [7, 11) is -2.10. The normalized spacial score (nSPS) is 15.7. The fourth-order valence-electron chi connectivity index (χ4n) is 4.08. The zero-order chi connectivity index (χ0) is 22.0. The fourth-order valence-corrected chi connectivity index (χ4v) is 5.14. The SMILES string of the molecule is Cc1nn(C)c(-n2ccc3cccnc32)c1C=CC(=O)NS(=O)(=O)NC1CCCCC1. The van der Waals surface area contributed by atoms with Crippen LogP contribution in [0.25, 0.3) is 22.9 Å². The van der Waals surface area contributed by atoms with Crippen LogP contribution in [0.5, 0.6) is 0 Å². The molecule has 0 atom stereocenters. The third kappa shape index (κ3) is 4.70. The van der Waals surface area contributed by atoms with E-state index in [2.05, 4.69) is 19.5 Å². The molecule has 0 aliphatic heterocycles. The van der Waals surface area contributed by atoms with Crippen LogP contribution in [0.4, 0.5) is 0 Å². The Bertz CT molecular complexity index is 1240. The summed E-state index contributed by atoms with van der Waals surface area (Å²) in [6.07, 6.45) is 11.1. The molecule has 0 aromatic carbocycles. The molecule has 31 heavy (non-hydrogen) atoms. The number of pyridine rings is 1. The summed E-state index contributed by atoms with van der Waals surface area (Å²) >= 11 is 0. The van der Waals surface area contributed by atoms with E-state index in [1.165, 1.54) is 6.08 Å². The summed E-state index contributed by atoms with van der Waals surface area (Å²) in [5, 5.41) is 5.44. The second-order valence-electron chi connectivity index (χ2n) is 7.80. The van der Waals surface area contributed by atoms with Crippen LogP contribution < -0.4 is 9.44 Å². The second kappa shape index (κ2) is 8.64. The number of aromatic nitrogens is 4. The van der Waals surface area contributed by atoms with Crippen molar-refractivity contribution in [3.05, 3.63) is 47.9 Å². The lowest BCUT2D eigenvalue weighted by Crippen LogP contribution is -2.45. The highest BCUT2D eigenvalue weighted by atomic mass is 32.2. The molecule has 9 nitrogen and oxygen atoms in total. The average molecular weight is 443 g/mol. The molecule has 164 valence electrons. The van der Waals surface area contributed by atoms with E-state index in [0.717, 1.165) is 49.0 Å². The number of carbonyl (C=O) groups excluding carboxylic acids is 1. The molecule has 3 aromatic heterocycles. The quantitative estimate of drug-likeness (QED) is 0.570. The van der Waals surface area contributed by atoms with Crippen LogP contribution in [0.2, 0.25) is 0 Å². The number of nitrogens with zero attached hydrogens (tertiary/aromatic N) is 4. The van der Waals surface area contributed by atoms with E-state index >= 15 is 0 Å². The molecule has 1 amide bonds. The summed E-state index contributed by atoms with van der Waals surface area (Å²) in [6, 6.07) is 5.67.